The van der Waals surface area contributed by atoms with Gasteiger partial charge in [-0.1, -0.05) is 12.1 Å². The quantitative estimate of drug-likeness (QED) is 0.799. The van der Waals surface area contributed by atoms with Crippen molar-refractivity contribution in [3.8, 4) is 0 Å². The highest BCUT2D eigenvalue weighted by Gasteiger charge is 2.10. The molecule has 1 atom stereocenters. The smallest absolute Gasteiger partial charge is 0.226 e. The maximum atomic E-state index is 13.3. The maximum absolute atomic E-state index is 13.3. The van der Waals surface area contributed by atoms with Crippen LogP contribution in [0.1, 0.15) is 18.9 Å². The second kappa shape index (κ2) is 4.89. The molecule has 0 saturated carbocycles. The lowest BCUT2D eigenvalue weighted by atomic mass is 10.1. The Kier molecular flexibility index (Phi) is 3.80. The minimum Gasteiger partial charge on any atom is -0.327 e. The van der Waals surface area contributed by atoms with Crippen LogP contribution in [0.4, 0.5) is 10.1 Å². The van der Waals surface area contributed by atoms with Crippen molar-refractivity contribution in [3.05, 3.63) is 29.6 Å². The topological polar surface area (TPSA) is 55.1 Å². The van der Waals surface area contributed by atoms with Gasteiger partial charge in [-0.2, -0.15) is 0 Å². The number of benzene rings is 1. The molecule has 1 amide bonds. The van der Waals surface area contributed by atoms with Crippen LogP contribution in [0.15, 0.2) is 18.2 Å². The van der Waals surface area contributed by atoms with Crippen molar-refractivity contribution >= 4 is 11.6 Å². The first kappa shape index (κ1) is 11.7. The van der Waals surface area contributed by atoms with E-state index in [1.165, 1.54) is 6.07 Å². The van der Waals surface area contributed by atoms with Crippen molar-refractivity contribution in [1.82, 2.24) is 0 Å². The highest BCUT2D eigenvalue weighted by Crippen LogP contribution is 2.18. The standard InChI is InChI=1S/C11H15FN2O/c1-7-4-3-5-9(12)11(7)14-10(15)6-8(2)13/h3-5,8H,6,13H2,1-2H3,(H,14,15). The first-order chi connectivity index (χ1) is 7.00. The number of nitrogens with two attached hydrogens (primary N) is 1. The van der Waals surface area contributed by atoms with Gasteiger partial charge in [0.25, 0.3) is 0 Å². The molecular formula is C11H15FN2O. The molecule has 0 saturated heterocycles. The third-order valence-corrected chi connectivity index (χ3v) is 1.99. The molecule has 1 aromatic rings. The van der Waals surface area contributed by atoms with Crippen LogP contribution >= 0.6 is 0 Å². The van der Waals surface area contributed by atoms with Crippen LogP contribution in [0.25, 0.3) is 0 Å². The molecule has 0 aliphatic heterocycles. The second-order valence-electron chi connectivity index (χ2n) is 3.66. The first-order valence-electron chi connectivity index (χ1n) is 4.81. The Morgan fingerprint density at radius 3 is 2.80 bits per heavy atom. The van der Waals surface area contributed by atoms with Gasteiger partial charge in [0.05, 0.1) is 5.69 Å². The van der Waals surface area contributed by atoms with E-state index in [-0.39, 0.29) is 24.1 Å². The van der Waals surface area contributed by atoms with Crippen LogP contribution in [0, 0.1) is 12.7 Å². The predicted molar refractivity (Wildman–Crippen MR) is 58.0 cm³/mol. The molecule has 0 aliphatic carbocycles. The van der Waals surface area contributed by atoms with E-state index in [0.29, 0.717) is 5.56 Å². The van der Waals surface area contributed by atoms with Gasteiger partial charge in [0.1, 0.15) is 5.82 Å². The van der Waals surface area contributed by atoms with E-state index in [9.17, 15) is 9.18 Å². The Morgan fingerprint density at radius 2 is 2.27 bits per heavy atom. The number of rotatable bonds is 3. The number of nitrogens with one attached hydrogen (secondary N) is 1. The SMILES string of the molecule is Cc1cccc(F)c1NC(=O)CC(C)N. The number of anilines is 1. The molecule has 0 radical (unpaired) electrons. The zero-order chi connectivity index (χ0) is 11.4. The van der Waals surface area contributed by atoms with E-state index >= 15 is 0 Å². The number of halogens is 1. The number of aryl methyl sites for hydroxylation is 1. The van der Waals surface area contributed by atoms with Crippen molar-refractivity contribution in [2.45, 2.75) is 26.3 Å². The normalized spacial score (nSPS) is 12.3. The van der Waals surface area contributed by atoms with E-state index in [2.05, 4.69) is 5.32 Å². The molecule has 0 fully saturated rings. The highest BCUT2D eigenvalue weighted by molar-refractivity contribution is 5.91. The fraction of sp³-hybridized carbons (Fsp3) is 0.364. The average molecular weight is 210 g/mol. The average Bonchev–Trinajstić information content (AvgIpc) is 2.10. The minimum atomic E-state index is -0.423. The molecule has 0 aromatic heterocycles. The third kappa shape index (κ3) is 3.32. The molecule has 0 aliphatic rings. The van der Waals surface area contributed by atoms with Gasteiger partial charge in [-0.05, 0) is 25.5 Å². The molecule has 82 valence electrons. The summed E-state index contributed by atoms with van der Waals surface area (Å²) < 4.78 is 13.3. The number of hydrogen-bond donors (Lipinski definition) is 2. The van der Waals surface area contributed by atoms with Crippen LogP contribution in [0.2, 0.25) is 0 Å². The summed E-state index contributed by atoms with van der Waals surface area (Å²) in [5.74, 6) is -0.689. The summed E-state index contributed by atoms with van der Waals surface area (Å²) in [6, 6.07) is 4.43. The zero-order valence-electron chi connectivity index (χ0n) is 8.88. The summed E-state index contributed by atoms with van der Waals surface area (Å²) in [5, 5.41) is 2.52. The Balaban J connectivity index is 2.76. The van der Waals surface area contributed by atoms with Gasteiger partial charge in [0.15, 0.2) is 0 Å². The van der Waals surface area contributed by atoms with Gasteiger partial charge < -0.3 is 11.1 Å². The Bertz CT molecular complexity index is 343. The molecule has 4 heteroatoms. The molecule has 0 spiro atoms. The van der Waals surface area contributed by atoms with Gasteiger partial charge in [-0.25, -0.2) is 4.39 Å². The molecule has 0 heterocycles. The number of para-hydroxylation sites is 1. The number of carbonyl (C=O) groups is 1. The van der Waals surface area contributed by atoms with Gasteiger partial charge in [-0.15, -0.1) is 0 Å². The summed E-state index contributed by atoms with van der Waals surface area (Å²) in [6.45, 7) is 3.47. The molecule has 15 heavy (non-hydrogen) atoms. The lowest BCUT2D eigenvalue weighted by molar-refractivity contribution is -0.116. The lowest BCUT2D eigenvalue weighted by Gasteiger charge is -2.10. The fourth-order valence-corrected chi connectivity index (χ4v) is 1.27. The minimum absolute atomic E-state index is 0.188. The Hall–Kier alpha value is -1.42. The second-order valence-corrected chi connectivity index (χ2v) is 3.66. The number of hydrogen-bond acceptors (Lipinski definition) is 2. The van der Waals surface area contributed by atoms with E-state index in [0.717, 1.165) is 0 Å². The molecular weight excluding hydrogens is 195 g/mol. The Morgan fingerprint density at radius 1 is 1.60 bits per heavy atom. The molecule has 1 rings (SSSR count). The summed E-state index contributed by atoms with van der Waals surface area (Å²) in [6.07, 6.45) is 0.188. The first-order valence-corrected chi connectivity index (χ1v) is 4.81. The van der Waals surface area contributed by atoms with E-state index in [1.807, 2.05) is 0 Å². The third-order valence-electron chi connectivity index (χ3n) is 1.99. The zero-order valence-corrected chi connectivity index (χ0v) is 8.88. The Labute approximate surface area is 88.5 Å². The van der Waals surface area contributed by atoms with Crippen molar-refractivity contribution in [2.75, 3.05) is 5.32 Å². The van der Waals surface area contributed by atoms with Gasteiger partial charge in [-0.3, -0.25) is 4.79 Å². The molecule has 1 aromatic carbocycles. The predicted octanol–water partition coefficient (Wildman–Crippen LogP) is 1.81. The van der Waals surface area contributed by atoms with Crippen molar-refractivity contribution < 1.29 is 9.18 Å². The van der Waals surface area contributed by atoms with E-state index in [1.54, 1.807) is 26.0 Å². The number of amides is 1. The van der Waals surface area contributed by atoms with Crippen LogP contribution in [-0.2, 0) is 4.79 Å². The lowest BCUT2D eigenvalue weighted by Crippen LogP contribution is -2.24. The number of carbonyl (C=O) groups excluding carboxylic acids is 1. The van der Waals surface area contributed by atoms with Gasteiger partial charge in [0, 0.05) is 12.5 Å². The van der Waals surface area contributed by atoms with Crippen LogP contribution < -0.4 is 11.1 Å². The van der Waals surface area contributed by atoms with Crippen LogP contribution in [0.5, 0.6) is 0 Å². The van der Waals surface area contributed by atoms with E-state index < -0.39 is 5.82 Å². The van der Waals surface area contributed by atoms with Gasteiger partial charge >= 0.3 is 0 Å². The molecule has 1 unspecified atom stereocenters. The van der Waals surface area contributed by atoms with Crippen molar-refractivity contribution in [1.29, 1.82) is 0 Å². The van der Waals surface area contributed by atoms with Crippen LogP contribution in [0.3, 0.4) is 0 Å². The summed E-state index contributed by atoms with van der Waals surface area (Å²) in [5.41, 5.74) is 6.41. The van der Waals surface area contributed by atoms with Crippen molar-refractivity contribution in [3.63, 3.8) is 0 Å². The maximum Gasteiger partial charge on any atom is 0.226 e. The monoisotopic (exact) mass is 210 g/mol. The van der Waals surface area contributed by atoms with Crippen LogP contribution in [-0.4, -0.2) is 11.9 Å². The summed E-state index contributed by atoms with van der Waals surface area (Å²) in [4.78, 5) is 11.4. The van der Waals surface area contributed by atoms with E-state index in [4.69, 9.17) is 5.73 Å². The molecule has 3 N–H and O–H groups in total. The van der Waals surface area contributed by atoms with Gasteiger partial charge in [0.2, 0.25) is 5.91 Å². The van der Waals surface area contributed by atoms with Crippen molar-refractivity contribution in [2.24, 2.45) is 5.73 Å². The molecule has 0 bridgehead atoms. The molecule has 3 nitrogen and oxygen atoms in total. The fourth-order valence-electron chi connectivity index (χ4n) is 1.27. The summed E-state index contributed by atoms with van der Waals surface area (Å²) >= 11 is 0. The highest BCUT2D eigenvalue weighted by atomic mass is 19.1. The largest absolute Gasteiger partial charge is 0.327 e. The summed E-state index contributed by atoms with van der Waals surface area (Å²) in [7, 11) is 0.